The topological polar surface area (TPSA) is 36.0 Å². The lowest BCUT2D eigenvalue weighted by Gasteiger charge is -2.35. The molecule has 4 rings (SSSR count). The summed E-state index contributed by atoms with van der Waals surface area (Å²) < 4.78 is 5.24. The first kappa shape index (κ1) is 21.2. The van der Waals surface area contributed by atoms with E-state index in [9.17, 15) is 4.79 Å². The first-order chi connectivity index (χ1) is 14.6. The van der Waals surface area contributed by atoms with Crippen molar-refractivity contribution in [2.45, 2.75) is 30.0 Å². The molecule has 0 N–H and O–H groups in total. The van der Waals surface area contributed by atoms with Crippen molar-refractivity contribution < 1.29 is 9.53 Å². The number of hydrogen-bond donors (Lipinski definition) is 0. The normalized spacial score (nSPS) is 20.5. The number of benzene rings is 2. The second kappa shape index (κ2) is 9.86. The van der Waals surface area contributed by atoms with E-state index < -0.39 is 0 Å². The van der Waals surface area contributed by atoms with Crippen LogP contribution in [-0.4, -0.2) is 67.3 Å². The van der Waals surface area contributed by atoms with Gasteiger partial charge >= 0.3 is 0 Å². The summed E-state index contributed by atoms with van der Waals surface area (Å²) in [5.74, 6) is 1.12. The summed E-state index contributed by atoms with van der Waals surface area (Å²) in [6.07, 6.45) is 1.03. The Morgan fingerprint density at radius 1 is 1.00 bits per heavy atom. The first-order valence-electron chi connectivity index (χ1n) is 10.8. The molecule has 0 aromatic heterocycles. The van der Waals surface area contributed by atoms with Crippen LogP contribution in [0.25, 0.3) is 0 Å². The summed E-state index contributed by atoms with van der Waals surface area (Å²) in [4.78, 5) is 21.2. The number of amides is 1. The van der Waals surface area contributed by atoms with E-state index in [1.54, 1.807) is 7.11 Å². The highest BCUT2D eigenvalue weighted by molar-refractivity contribution is 8.00. The molecule has 1 saturated heterocycles. The fraction of sp³-hybridized carbons (Fsp3) is 0.458. The summed E-state index contributed by atoms with van der Waals surface area (Å²) in [6, 6.07) is 16.6. The van der Waals surface area contributed by atoms with Gasteiger partial charge in [0.25, 0.3) is 0 Å². The van der Waals surface area contributed by atoms with E-state index in [-0.39, 0.29) is 5.91 Å². The SMILES string of the molecule is COc1ccc(CN2CCN(CC(=O)N3CC[C@H](C)Sc4ccccc43)CC2)cc1. The van der Waals surface area contributed by atoms with Crippen molar-refractivity contribution in [2.24, 2.45) is 0 Å². The second-order valence-corrected chi connectivity index (χ2v) is 9.61. The Morgan fingerprint density at radius 2 is 1.70 bits per heavy atom. The van der Waals surface area contributed by atoms with Gasteiger partial charge in [0.15, 0.2) is 0 Å². The minimum absolute atomic E-state index is 0.223. The van der Waals surface area contributed by atoms with Gasteiger partial charge < -0.3 is 9.64 Å². The zero-order chi connectivity index (χ0) is 20.9. The van der Waals surface area contributed by atoms with Crippen molar-refractivity contribution in [3.8, 4) is 5.75 Å². The molecule has 0 spiro atoms. The quantitative estimate of drug-likeness (QED) is 0.730. The van der Waals surface area contributed by atoms with Gasteiger partial charge in [-0.05, 0) is 36.2 Å². The Bertz CT molecular complexity index is 850. The van der Waals surface area contributed by atoms with Crippen LogP contribution in [0.2, 0.25) is 0 Å². The van der Waals surface area contributed by atoms with Crippen molar-refractivity contribution in [2.75, 3.05) is 51.3 Å². The van der Waals surface area contributed by atoms with Crippen molar-refractivity contribution in [1.29, 1.82) is 0 Å². The average molecular weight is 426 g/mol. The van der Waals surface area contributed by atoms with Gasteiger partial charge in [0, 0.05) is 49.4 Å². The fourth-order valence-corrected chi connectivity index (χ4v) is 5.23. The number of thioether (sulfide) groups is 1. The molecular formula is C24H31N3O2S. The summed E-state index contributed by atoms with van der Waals surface area (Å²) in [5, 5.41) is 0.533. The summed E-state index contributed by atoms with van der Waals surface area (Å²) >= 11 is 1.88. The summed E-state index contributed by atoms with van der Waals surface area (Å²) in [5.41, 5.74) is 2.38. The smallest absolute Gasteiger partial charge is 0.241 e. The number of nitrogens with zero attached hydrogens (tertiary/aromatic N) is 3. The maximum atomic E-state index is 13.2. The van der Waals surface area contributed by atoms with E-state index in [2.05, 4.69) is 47.1 Å². The molecule has 1 amide bonds. The number of carbonyl (C=O) groups excluding carboxylic acids is 1. The number of ether oxygens (including phenoxy) is 1. The lowest BCUT2D eigenvalue weighted by molar-refractivity contribution is -0.120. The van der Waals surface area contributed by atoms with E-state index in [0.29, 0.717) is 11.8 Å². The molecule has 5 nitrogen and oxygen atoms in total. The third kappa shape index (κ3) is 5.17. The maximum absolute atomic E-state index is 13.2. The average Bonchev–Trinajstić information content (AvgIpc) is 2.94. The maximum Gasteiger partial charge on any atom is 0.241 e. The van der Waals surface area contributed by atoms with Gasteiger partial charge in [0.2, 0.25) is 5.91 Å². The summed E-state index contributed by atoms with van der Waals surface area (Å²) in [7, 11) is 1.69. The van der Waals surface area contributed by atoms with Crippen LogP contribution in [0.4, 0.5) is 5.69 Å². The molecule has 2 aromatic carbocycles. The van der Waals surface area contributed by atoms with Crippen molar-refractivity contribution in [3.05, 3.63) is 54.1 Å². The molecule has 2 aromatic rings. The molecule has 6 heteroatoms. The molecule has 0 saturated carbocycles. The highest BCUT2D eigenvalue weighted by Gasteiger charge is 2.26. The van der Waals surface area contributed by atoms with Crippen LogP contribution in [0.1, 0.15) is 18.9 Å². The van der Waals surface area contributed by atoms with Crippen molar-refractivity contribution in [1.82, 2.24) is 9.80 Å². The van der Waals surface area contributed by atoms with Gasteiger partial charge in [-0.2, -0.15) is 0 Å². The predicted octanol–water partition coefficient (Wildman–Crippen LogP) is 3.73. The monoisotopic (exact) mass is 425 g/mol. The molecule has 30 heavy (non-hydrogen) atoms. The zero-order valence-corrected chi connectivity index (χ0v) is 18.7. The number of piperazine rings is 1. The number of methoxy groups -OCH3 is 1. The number of anilines is 1. The van der Waals surface area contributed by atoms with Crippen molar-refractivity contribution >= 4 is 23.4 Å². The second-order valence-electron chi connectivity index (χ2n) is 8.13. The van der Waals surface area contributed by atoms with Gasteiger partial charge in [-0.1, -0.05) is 31.2 Å². The molecule has 1 fully saturated rings. The third-order valence-corrected chi connectivity index (χ3v) is 7.17. The molecule has 1 atom stereocenters. The third-order valence-electron chi connectivity index (χ3n) is 5.93. The van der Waals surface area contributed by atoms with Gasteiger partial charge in [-0.3, -0.25) is 14.6 Å². The predicted molar refractivity (Wildman–Crippen MR) is 123 cm³/mol. The van der Waals surface area contributed by atoms with E-state index in [1.165, 1.54) is 10.5 Å². The number of carbonyl (C=O) groups is 1. The number of fused-ring (bicyclic) bond motifs is 1. The van der Waals surface area contributed by atoms with Crippen LogP contribution in [0.15, 0.2) is 53.4 Å². The fourth-order valence-electron chi connectivity index (χ4n) is 4.12. The molecular weight excluding hydrogens is 394 g/mol. The molecule has 2 aliphatic heterocycles. The molecule has 0 unspecified atom stereocenters. The molecule has 2 heterocycles. The highest BCUT2D eigenvalue weighted by atomic mass is 32.2. The van der Waals surface area contributed by atoms with Crippen LogP contribution in [0, 0.1) is 0 Å². The molecule has 2 aliphatic rings. The van der Waals surface area contributed by atoms with E-state index in [1.807, 2.05) is 34.9 Å². The van der Waals surface area contributed by atoms with Crippen LogP contribution >= 0.6 is 11.8 Å². The van der Waals surface area contributed by atoms with Gasteiger partial charge in [0.05, 0.1) is 19.3 Å². The van der Waals surface area contributed by atoms with E-state index in [4.69, 9.17) is 4.74 Å². The van der Waals surface area contributed by atoms with Crippen LogP contribution in [-0.2, 0) is 11.3 Å². The first-order valence-corrected chi connectivity index (χ1v) is 11.6. The molecule has 0 aliphatic carbocycles. The lowest BCUT2D eigenvalue weighted by Crippen LogP contribution is -2.50. The van der Waals surface area contributed by atoms with Crippen molar-refractivity contribution in [3.63, 3.8) is 0 Å². The van der Waals surface area contributed by atoms with E-state index >= 15 is 0 Å². The number of hydrogen-bond acceptors (Lipinski definition) is 5. The Balaban J connectivity index is 1.31. The zero-order valence-electron chi connectivity index (χ0n) is 17.9. The van der Waals surface area contributed by atoms with E-state index in [0.717, 1.165) is 57.1 Å². The Kier molecular flexibility index (Phi) is 6.97. The minimum atomic E-state index is 0.223. The lowest BCUT2D eigenvalue weighted by atomic mass is 10.2. The Morgan fingerprint density at radius 3 is 2.43 bits per heavy atom. The van der Waals surface area contributed by atoms with Gasteiger partial charge in [-0.15, -0.1) is 11.8 Å². The Labute approximate surface area is 184 Å². The van der Waals surface area contributed by atoms with Crippen LogP contribution < -0.4 is 9.64 Å². The number of rotatable bonds is 5. The molecule has 0 radical (unpaired) electrons. The van der Waals surface area contributed by atoms with Gasteiger partial charge in [0.1, 0.15) is 5.75 Å². The standard InChI is InChI=1S/C24H31N3O2S/c1-19-11-12-27(22-5-3-4-6-23(22)30-19)24(28)18-26-15-13-25(14-16-26)17-20-7-9-21(29-2)10-8-20/h3-10,19H,11-18H2,1-2H3/t19-/m0/s1. The molecule has 0 bridgehead atoms. The van der Waals surface area contributed by atoms with Crippen LogP contribution in [0.5, 0.6) is 5.75 Å². The van der Waals surface area contributed by atoms with Gasteiger partial charge in [-0.25, -0.2) is 0 Å². The Hall–Kier alpha value is -2.02. The highest BCUT2D eigenvalue weighted by Crippen LogP contribution is 2.37. The number of para-hydroxylation sites is 1. The van der Waals surface area contributed by atoms with Crippen LogP contribution in [0.3, 0.4) is 0 Å². The largest absolute Gasteiger partial charge is 0.497 e. The summed E-state index contributed by atoms with van der Waals surface area (Å²) in [6.45, 7) is 8.35. The molecule has 160 valence electrons. The minimum Gasteiger partial charge on any atom is -0.497 e.